The van der Waals surface area contributed by atoms with Gasteiger partial charge in [-0.3, -0.25) is 0 Å². The Morgan fingerprint density at radius 2 is 1.02 bits per heavy atom. The van der Waals surface area contributed by atoms with Crippen LogP contribution in [0.25, 0.3) is 66.0 Å². The van der Waals surface area contributed by atoms with E-state index in [4.69, 9.17) is 8.75 Å². The van der Waals surface area contributed by atoms with Gasteiger partial charge in [-0.05, 0) is 186 Å². The summed E-state index contributed by atoms with van der Waals surface area (Å²) >= 11 is 5.15. The number of aromatic carboxylic acids is 1. The lowest BCUT2D eigenvalue weighted by molar-refractivity contribution is 0.0697. The van der Waals surface area contributed by atoms with E-state index < -0.39 is 5.97 Å². The SMILES string of the molecule is CCCCCCC1(CCCCCC)c2sc(C#Cc3ccc(C(=O)O)cc3)cc2-c2cc(-c3ccc(-c4ccc(N(c5ccc6c(c5)C(C)(C)c5cc(C)cc(C)c5-6)c5ccc6c(c5)C(C)(C)c5cc(C)cc(C)c5-6)cc4)c4nsnc34)sc21. The van der Waals surface area contributed by atoms with Crippen LogP contribution >= 0.6 is 34.4 Å². The van der Waals surface area contributed by atoms with Gasteiger partial charge in [0, 0.05) is 64.6 Å². The molecule has 0 amide bonds. The molecule has 10 aromatic rings. The van der Waals surface area contributed by atoms with Crippen LogP contribution < -0.4 is 4.90 Å². The number of rotatable bonds is 16. The fourth-order valence-corrected chi connectivity index (χ4v) is 18.0. The molecule has 7 aromatic carbocycles. The second-order valence-electron chi connectivity index (χ2n) is 25.3. The first kappa shape index (κ1) is 55.8. The molecular formula is C76H73N3O2S3. The van der Waals surface area contributed by atoms with Crippen molar-refractivity contribution in [3.8, 4) is 66.8 Å². The van der Waals surface area contributed by atoms with E-state index in [0.29, 0.717) is 0 Å². The molecule has 5 nitrogen and oxygen atoms in total. The Balaban J connectivity index is 0.881. The normalized spacial score (nSPS) is 14.4. The number of aromatic nitrogens is 2. The van der Waals surface area contributed by atoms with Gasteiger partial charge in [0.2, 0.25) is 0 Å². The number of hydrogen-bond donors (Lipinski definition) is 1. The van der Waals surface area contributed by atoms with Gasteiger partial charge >= 0.3 is 5.97 Å². The Hall–Kier alpha value is -7.41. The number of anilines is 3. The lowest BCUT2D eigenvalue weighted by Crippen LogP contribution is -2.23. The van der Waals surface area contributed by atoms with Crippen molar-refractivity contribution in [2.45, 2.75) is 150 Å². The molecule has 0 atom stereocenters. The predicted octanol–water partition coefficient (Wildman–Crippen LogP) is 21.8. The lowest BCUT2D eigenvalue weighted by Gasteiger charge is -2.30. The second kappa shape index (κ2) is 21.6. The molecule has 422 valence electrons. The molecule has 3 aliphatic rings. The first-order valence-electron chi connectivity index (χ1n) is 30.3. The van der Waals surface area contributed by atoms with Crippen LogP contribution in [0.15, 0.2) is 133 Å². The zero-order valence-corrected chi connectivity index (χ0v) is 52.6. The van der Waals surface area contributed by atoms with Crippen LogP contribution in [0.1, 0.15) is 181 Å². The van der Waals surface area contributed by atoms with E-state index in [2.05, 4.69) is 195 Å². The highest BCUT2D eigenvalue weighted by Crippen LogP contribution is 2.62. The smallest absolute Gasteiger partial charge is 0.335 e. The van der Waals surface area contributed by atoms with Crippen molar-refractivity contribution in [2.75, 3.05) is 4.90 Å². The van der Waals surface area contributed by atoms with Crippen LogP contribution in [-0.4, -0.2) is 19.8 Å². The maximum atomic E-state index is 11.6. The van der Waals surface area contributed by atoms with Gasteiger partial charge in [0.1, 0.15) is 11.0 Å². The zero-order valence-electron chi connectivity index (χ0n) is 50.2. The Morgan fingerprint density at radius 1 is 0.512 bits per heavy atom. The van der Waals surface area contributed by atoms with Crippen LogP contribution in [0, 0.1) is 39.5 Å². The second-order valence-corrected chi connectivity index (χ2v) is 27.9. The zero-order chi connectivity index (χ0) is 58.4. The Labute approximate surface area is 508 Å². The van der Waals surface area contributed by atoms with Crippen LogP contribution in [0.5, 0.6) is 0 Å². The summed E-state index contributed by atoms with van der Waals surface area (Å²) in [6.07, 6.45) is 12.0. The third-order valence-electron chi connectivity index (χ3n) is 18.8. The number of aryl methyl sites for hydroxylation is 4. The van der Waals surface area contributed by atoms with Gasteiger partial charge in [0.15, 0.2) is 0 Å². The summed E-state index contributed by atoms with van der Waals surface area (Å²) < 4.78 is 10.2. The number of nitrogens with zero attached hydrogens (tertiary/aromatic N) is 3. The fourth-order valence-electron chi connectivity index (χ4n) is 14.6. The number of carbonyl (C=O) groups is 1. The summed E-state index contributed by atoms with van der Waals surface area (Å²) in [5.74, 6) is 5.94. The maximum absolute atomic E-state index is 11.6. The van der Waals surface area contributed by atoms with Crippen molar-refractivity contribution in [1.29, 1.82) is 0 Å². The molecule has 0 fully saturated rings. The predicted molar refractivity (Wildman–Crippen MR) is 356 cm³/mol. The number of benzene rings is 7. The molecule has 0 saturated carbocycles. The van der Waals surface area contributed by atoms with E-state index in [1.807, 2.05) is 34.8 Å². The van der Waals surface area contributed by atoms with Crippen molar-refractivity contribution >= 4 is 68.5 Å². The standard InChI is InChI=1S/C76H73N3O2S3/c1-11-13-15-17-35-76(36-18-16-14-12-2)71-60(43-55(82-71)30-21-49-19-22-51(23-20-49)73(80)81)61-44-66(83-72(61)76)59-34-33-56(69-70(59)78-84-77-69)50-24-26-52(27-25-50)79(53-28-31-57-62(41-53)74(7,8)64-39-45(3)37-47(5)67(57)64)54-29-32-58-63(42-54)75(9,10)65-40-46(4)38-48(6)68(58)65/h19-20,22-29,31-34,37-44H,11-18,35-36H2,1-10H3,(H,80,81). The van der Waals surface area contributed by atoms with E-state index >= 15 is 0 Å². The summed E-state index contributed by atoms with van der Waals surface area (Å²) in [6.45, 7) is 23.1. The van der Waals surface area contributed by atoms with Crippen molar-refractivity contribution in [1.82, 2.24) is 8.75 Å². The van der Waals surface area contributed by atoms with Crippen molar-refractivity contribution in [2.24, 2.45) is 0 Å². The molecule has 13 rings (SSSR count). The van der Waals surface area contributed by atoms with Gasteiger partial charge in [0.05, 0.1) is 22.2 Å². The summed E-state index contributed by atoms with van der Waals surface area (Å²) in [4.78, 5) is 19.3. The van der Waals surface area contributed by atoms with Crippen LogP contribution in [0.2, 0.25) is 0 Å². The molecule has 0 radical (unpaired) electrons. The van der Waals surface area contributed by atoms with Crippen molar-refractivity contribution in [3.63, 3.8) is 0 Å². The van der Waals surface area contributed by atoms with Gasteiger partial charge in [-0.1, -0.05) is 177 Å². The average molecular weight is 1160 g/mol. The largest absolute Gasteiger partial charge is 0.478 e. The third kappa shape index (κ3) is 9.28. The minimum atomic E-state index is -0.930. The Kier molecular flexibility index (Phi) is 14.3. The number of hydrogen-bond acceptors (Lipinski definition) is 7. The molecule has 0 unspecified atom stereocenters. The molecule has 0 bridgehead atoms. The molecule has 84 heavy (non-hydrogen) atoms. The van der Waals surface area contributed by atoms with E-state index in [1.54, 1.807) is 12.1 Å². The van der Waals surface area contributed by atoms with Gasteiger partial charge in [0.25, 0.3) is 0 Å². The highest BCUT2D eigenvalue weighted by molar-refractivity contribution is 7.17. The molecule has 0 aliphatic heterocycles. The van der Waals surface area contributed by atoms with Crippen LogP contribution in [0.3, 0.4) is 0 Å². The van der Waals surface area contributed by atoms with E-state index in [1.165, 1.54) is 156 Å². The quantitative estimate of drug-likeness (QED) is 0.0771. The molecule has 3 aliphatic carbocycles. The summed E-state index contributed by atoms with van der Waals surface area (Å²) in [6, 6.07) is 49.2. The van der Waals surface area contributed by atoms with E-state index in [0.717, 1.165) is 68.1 Å². The highest BCUT2D eigenvalue weighted by atomic mass is 32.1. The number of fused-ring (bicyclic) bond motifs is 10. The Morgan fingerprint density at radius 3 is 1.58 bits per heavy atom. The first-order chi connectivity index (χ1) is 40.5. The molecule has 0 spiro atoms. The minimum Gasteiger partial charge on any atom is -0.478 e. The minimum absolute atomic E-state index is 0.0733. The highest BCUT2D eigenvalue weighted by Gasteiger charge is 2.46. The summed E-state index contributed by atoms with van der Waals surface area (Å²) in [7, 11) is 0. The summed E-state index contributed by atoms with van der Waals surface area (Å²) in [5, 5.41) is 9.49. The van der Waals surface area contributed by atoms with Gasteiger partial charge in [-0.2, -0.15) is 8.75 Å². The van der Waals surface area contributed by atoms with Gasteiger partial charge in [-0.25, -0.2) is 4.79 Å². The van der Waals surface area contributed by atoms with Crippen molar-refractivity contribution < 1.29 is 9.90 Å². The third-order valence-corrected chi connectivity index (χ3v) is 22.0. The van der Waals surface area contributed by atoms with E-state index in [9.17, 15) is 9.90 Å². The van der Waals surface area contributed by atoms with Crippen LogP contribution in [0.4, 0.5) is 17.1 Å². The fraction of sp³-hybridized carbons (Fsp3) is 0.303. The number of carboxylic acids is 1. The number of thiophene rings is 2. The molecule has 3 aromatic heterocycles. The maximum Gasteiger partial charge on any atom is 0.335 e. The lowest BCUT2D eigenvalue weighted by atomic mass is 9.77. The van der Waals surface area contributed by atoms with E-state index in [-0.39, 0.29) is 21.8 Å². The molecular weight excluding hydrogens is 1080 g/mol. The number of unbranched alkanes of at least 4 members (excludes halogenated alkanes) is 6. The topological polar surface area (TPSA) is 66.3 Å². The van der Waals surface area contributed by atoms with Gasteiger partial charge < -0.3 is 10.0 Å². The van der Waals surface area contributed by atoms with Crippen molar-refractivity contribution in [3.05, 3.63) is 204 Å². The molecule has 1 N–H and O–H groups in total. The average Bonchev–Trinajstić information content (AvgIpc) is 1.75. The molecule has 8 heteroatoms. The first-order valence-corrected chi connectivity index (χ1v) is 32.7. The van der Waals surface area contributed by atoms with Crippen LogP contribution in [-0.2, 0) is 16.2 Å². The number of carboxylic acid groups (broad SMARTS) is 1. The van der Waals surface area contributed by atoms with Gasteiger partial charge in [-0.15, -0.1) is 22.7 Å². The summed E-state index contributed by atoms with van der Waals surface area (Å²) in [5.41, 5.74) is 28.2. The Bertz CT molecular complexity index is 4190. The molecule has 0 saturated heterocycles. The molecule has 3 heterocycles. The monoisotopic (exact) mass is 1160 g/mol.